The largest absolute Gasteiger partial charge is 0.497 e. The lowest BCUT2D eigenvalue weighted by Gasteiger charge is -2.18. The predicted molar refractivity (Wildman–Crippen MR) is 90.2 cm³/mol. The predicted octanol–water partition coefficient (Wildman–Crippen LogP) is 1.89. The minimum atomic E-state index is -0.541. The Morgan fingerprint density at radius 2 is 2.08 bits per heavy atom. The Hall–Kier alpha value is -3.21. The Labute approximate surface area is 150 Å². The second-order valence-corrected chi connectivity index (χ2v) is 5.92. The van der Waals surface area contributed by atoms with Crippen LogP contribution in [0.25, 0.3) is 0 Å². The van der Waals surface area contributed by atoms with E-state index in [1.807, 2.05) is 11.0 Å². The van der Waals surface area contributed by atoms with Crippen LogP contribution >= 0.6 is 0 Å². The molecule has 2 atom stereocenters. The molecule has 1 saturated heterocycles. The molecule has 1 aromatic heterocycles. The molecule has 1 aromatic carbocycles. The molecular weight excluding hydrogens is 339 g/mol. The van der Waals surface area contributed by atoms with Gasteiger partial charge in [-0.15, -0.1) is 10.2 Å². The van der Waals surface area contributed by atoms with Crippen molar-refractivity contribution >= 4 is 11.8 Å². The topological polar surface area (TPSA) is 88.3 Å². The van der Waals surface area contributed by atoms with Crippen molar-refractivity contribution in [3.05, 3.63) is 47.4 Å². The van der Waals surface area contributed by atoms with Gasteiger partial charge in [-0.3, -0.25) is 4.79 Å². The number of hydrogen-bond donors (Lipinski definition) is 0. The van der Waals surface area contributed by atoms with Gasteiger partial charge in [-0.1, -0.05) is 6.07 Å². The number of benzene rings is 1. The van der Waals surface area contributed by atoms with E-state index >= 15 is 0 Å². The highest BCUT2D eigenvalue weighted by Gasteiger charge is 2.41. The first-order valence-electron chi connectivity index (χ1n) is 7.97. The summed E-state index contributed by atoms with van der Waals surface area (Å²) >= 11 is 0. The smallest absolute Gasteiger partial charge is 0.311 e. The van der Waals surface area contributed by atoms with E-state index in [0.29, 0.717) is 30.2 Å². The molecule has 2 heterocycles. The molecule has 7 nitrogen and oxygen atoms in total. The molecule has 0 aliphatic carbocycles. The van der Waals surface area contributed by atoms with Crippen molar-refractivity contribution in [2.75, 3.05) is 32.2 Å². The first kappa shape index (κ1) is 17.6. The number of methoxy groups -OCH3 is 2. The number of hydrogen-bond acceptors (Lipinski definition) is 7. The molecule has 0 amide bonds. The summed E-state index contributed by atoms with van der Waals surface area (Å²) in [6.45, 7) is 0.701. The van der Waals surface area contributed by atoms with Gasteiger partial charge in [0.25, 0.3) is 0 Å². The molecule has 0 unspecified atom stereocenters. The van der Waals surface area contributed by atoms with Gasteiger partial charge < -0.3 is 14.4 Å². The van der Waals surface area contributed by atoms with Crippen LogP contribution in [0.15, 0.2) is 30.3 Å². The van der Waals surface area contributed by atoms with E-state index in [4.69, 9.17) is 14.7 Å². The fraction of sp³-hybridized carbons (Fsp3) is 0.333. The standard InChI is InChI=1S/C18H17FN4O3/c1-25-12-4-5-13(16(19)7-12)14-9-23(10-15(14)18(24)26-2)17-6-3-11(8-20)21-22-17/h3-7,14-15H,9-10H2,1-2H3/t14-,15+/m0/s1. The molecule has 0 spiro atoms. The molecule has 1 fully saturated rings. The van der Waals surface area contributed by atoms with Crippen LogP contribution in [0.5, 0.6) is 5.75 Å². The molecule has 1 aliphatic heterocycles. The lowest BCUT2D eigenvalue weighted by atomic mass is 9.88. The molecule has 0 saturated carbocycles. The second-order valence-electron chi connectivity index (χ2n) is 5.92. The van der Waals surface area contributed by atoms with Crippen molar-refractivity contribution in [2.24, 2.45) is 5.92 Å². The first-order chi connectivity index (χ1) is 12.6. The Bertz CT molecular complexity index is 851. The van der Waals surface area contributed by atoms with E-state index in [2.05, 4.69) is 10.2 Å². The van der Waals surface area contributed by atoms with Crippen molar-refractivity contribution < 1.29 is 18.7 Å². The summed E-state index contributed by atoms with van der Waals surface area (Å²) in [6.07, 6.45) is 0. The molecule has 2 aromatic rings. The molecule has 134 valence electrons. The third kappa shape index (κ3) is 3.28. The van der Waals surface area contributed by atoms with E-state index in [1.165, 1.54) is 20.3 Å². The van der Waals surface area contributed by atoms with Crippen LogP contribution in [0.2, 0.25) is 0 Å². The maximum atomic E-state index is 14.5. The van der Waals surface area contributed by atoms with Crippen LogP contribution < -0.4 is 9.64 Å². The fourth-order valence-corrected chi connectivity index (χ4v) is 3.19. The number of nitriles is 1. The Morgan fingerprint density at radius 3 is 2.65 bits per heavy atom. The number of anilines is 1. The van der Waals surface area contributed by atoms with Crippen molar-refractivity contribution in [1.82, 2.24) is 10.2 Å². The van der Waals surface area contributed by atoms with E-state index in [-0.39, 0.29) is 5.69 Å². The number of aromatic nitrogens is 2. The summed E-state index contributed by atoms with van der Waals surface area (Å²) in [5, 5.41) is 16.7. The fourth-order valence-electron chi connectivity index (χ4n) is 3.19. The highest BCUT2D eigenvalue weighted by atomic mass is 19.1. The van der Waals surface area contributed by atoms with Crippen LogP contribution in [0.3, 0.4) is 0 Å². The third-order valence-electron chi connectivity index (χ3n) is 4.52. The molecule has 0 N–H and O–H groups in total. The summed E-state index contributed by atoms with van der Waals surface area (Å²) in [7, 11) is 2.78. The summed E-state index contributed by atoms with van der Waals surface area (Å²) < 4.78 is 24.5. The number of carbonyl (C=O) groups is 1. The molecular formula is C18H17FN4O3. The van der Waals surface area contributed by atoms with Crippen LogP contribution in [0, 0.1) is 23.1 Å². The number of esters is 1. The minimum absolute atomic E-state index is 0.204. The lowest BCUT2D eigenvalue weighted by Crippen LogP contribution is -2.25. The first-order valence-corrected chi connectivity index (χ1v) is 7.97. The Morgan fingerprint density at radius 1 is 1.27 bits per heavy atom. The monoisotopic (exact) mass is 356 g/mol. The van der Waals surface area contributed by atoms with Crippen molar-refractivity contribution in [2.45, 2.75) is 5.92 Å². The zero-order valence-corrected chi connectivity index (χ0v) is 14.3. The zero-order valence-electron chi connectivity index (χ0n) is 14.3. The average Bonchev–Trinajstić information content (AvgIpc) is 3.12. The number of ether oxygens (including phenoxy) is 2. The number of rotatable bonds is 4. The normalized spacial score (nSPS) is 19.1. The number of halogens is 1. The lowest BCUT2D eigenvalue weighted by molar-refractivity contribution is -0.145. The average molecular weight is 356 g/mol. The maximum absolute atomic E-state index is 14.5. The third-order valence-corrected chi connectivity index (χ3v) is 4.52. The van der Waals surface area contributed by atoms with Gasteiger partial charge in [0.2, 0.25) is 0 Å². The zero-order chi connectivity index (χ0) is 18.7. The quantitative estimate of drug-likeness (QED) is 0.773. The van der Waals surface area contributed by atoms with E-state index in [9.17, 15) is 9.18 Å². The summed E-state index contributed by atoms with van der Waals surface area (Å²) in [5.74, 6) is -0.848. The highest BCUT2D eigenvalue weighted by molar-refractivity contribution is 5.76. The number of nitrogens with zero attached hydrogens (tertiary/aromatic N) is 4. The highest BCUT2D eigenvalue weighted by Crippen LogP contribution is 2.37. The van der Waals surface area contributed by atoms with E-state index in [1.54, 1.807) is 24.3 Å². The SMILES string of the molecule is COC(=O)[C@@H]1CN(c2ccc(C#N)nn2)C[C@H]1c1ccc(OC)cc1F. The number of carbonyl (C=O) groups excluding carboxylic acids is 1. The second kappa shape index (κ2) is 7.35. The minimum Gasteiger partial charge on any atom is -0.497 e. The van der Waals surface area contributed by atoms with E-state index < -0.39 is 23.6 Å². The van der Waals surface area contributed by atoms with Crippen molar-refractivity contribution in [3.8, 4) is 11.8 Å². The van der Waals surface area contributed by atoms with Crippen LogP contribution in [0.1, 0.15) is 17.2 Å². The Balaban J connectivity index is 1.92. The van der Waals surface area contributed by atoms with Crippen molar-refractivity contribution in [3.63, 3.8) is 0 Å². The summed E-state index contributed by atoms with van der Waals surface area (Å²) in [6, 6.07) is 9.71. The molecule has 0 bridgehead atoms. The van der Waals surface area contributed by atoms with E-state index in [0.717, 1.165) is 0 Å². The van der Waals surface area contributed by atoms with Crippen LogP contribution in [0.4, 0.5) is 10.2 Å². The summed E-state index contributed by atoms with van der Waals surface area (Å²) in [5.41, 5.74) is 0.625. The van der Waals surface area contributed by atoms with Gasteiger partial charge in [-0.25, -0.2) is 4.39 Å². The Kier molecular flexibility index (Phi) is 4.98. The van der Waals surface area contributed by atoms with Gasteiger partial charge in [0.1, 0.15) is 17.6 Å². The van der Waals surface area contributed by atoms with Gasteiger partial charge in [0.15, 0.2) is 11.5 Å². The van der Waals surface area contributed by atoms with Gasteiger partial charge >= 0.3 is 5.97 Å². The van der Waals surface area contributed by atoms with Gasteiger partial charge in [-0.05, 0) is 23.8 Å². The maximum Gasteiger partial charge on any atom is 0.311 e. The van der Waals surface area contributed by atoms with Gasteiger partial charge in [0.05, 0.1) is 20.1 Å². The molecule has 3 rings (SSSR count). The molecule has 26 heavy (non-hydrogen) atoms. The van der Waals surface area contributed by atoms with Crippen LogP contribution in [-0.4, -0.2) is 43.5 Å². The summed E-state index contributed by atoms with van der Waals surface area (Å²) in [4.78, 5) is 14.1. The molecule has 1 aliphatic rings. The van der Waals surface area contributed by atoms with Crippen molar-refractivity contribution in [1.29, 1.82) is 5.26 Å². The van der Waals surface area contributed by atoms with Crippen LogP contribution in [-0.2, 0) is 9.53 Å². The molecule has 8 heteroatoms. The van der Waals surface area contributed by atoms with Gasteiger partial charge in [-0.2, -0.15) is 5.26 Å². The molecule has 0 radical (unpaired) electrons. The van der Waals surface area contributed by atoms with Gasteiger partial charge in [0, 0.05) is 25.1 Å².